The van der Waals surface area contributed by atoms with Gasteiger partial charge in [-0.3, -0.25) is 4.79 Å². The van der Waals surface area contributed by atoms with Crippen molar-refractivity contribution in [1.29, 1.82) is 0 Å². The number of anilines is 1. The summed E-state index contributed by atoms with van der Waals surface area (Å²) in [6.07, 6.45) is 1.61. The number of halogens is 1. The number of hydrogen-bond donors (Lipinski definition) is 1. The zero-order chi connectivity index (χ0) is 14.0. The molecule has 0 bridgehead atoms. The average Bonchev–Trinajstić information content (AvgIpc) is 2.74. The van der Waals surface area contributed by atoms with Crippen LogP contribution in [0.3, 0.4) is 0 Å². The first-order chi connectivity index (χ1) is 8.99. The molecule has 0 aliphatic heterocycles. The van der Waals surface area contributed by atoms with E-state index in [0.717, 1.165) is 11.3 Å². The van der Waals surface area contributed by atoms with Gasteiger partial charge in [0, 0.05) is 29.9 Å². The Morgan fingerprint density at radius 1 is 1.42 bits per heavy atom. The van der Waals surface area contributed by atoms with Crippen LogP contribution >= 0.6 is 11.6 Å². The van der Waals surface area contributed by atoms with Gasteiger partial charge >= 0.3 is 0 Å². The molecule has 0 spiro atoms. The Labute approximate surface area is 116 Å². The number of amides is 1. The number of carbonyl (C=O) groups is 1. The van der Waals surface area contributed by atoms with Crippen LogP contribution < -0.4 is 5.73 Å². The fourth-order valence-corrected chi connectivity index (χ4v) is 2.02. The molecular formula is C14H15ClN2O2. The van der Waals surface area contributed by atoms with Crippen molar-refractivity contribution in [1.82, 2.24) is 4.90 Å². The molecule has 0 atom stereocenters. The van der Waals surface area contributed by atoms with Crippen LogP contribution in [0.25, 0.3) is 0 Å². The van der Waals surface area contributed by atoms with Crippen molar-refractivity contribution in [2.24, 2.45) is 0 Å². The van der Waals surface area contributed by atoms with Crippen molar-refractivity contribution < 1.29 is 9.21 Å². The summed E-state index contributed by atoms with van der Waals surface area (Å²) in [5.74, 6) is 0.665. The topological polar surface area (TPSA) is 59.5 Å². The summed E-state index contributed by atoms with van der Waals surface area (Å²) >= 11 is 5.82. The maximum absolute atomic E-state index is 12.3. The van der Waals surface area contributed by atoms with Gasteiger partial charge in [-0.05, 0) is 31.2 Å². The third-order valence-corrected chi connectivity index (χ3v) is 3.20. The molecule has 2 rings (SSSR count). The number of furan rings is 1. The lowest BCUT2D eigenvalue weighted by molar-refractivity contribution is 0.0785. The summed E-state index contributed by atoms with van der Waals surface area (Å²) in [6, 6.07) is 6.72. The van der Waals surface area contributed by atoms with Crippen molar-refractivity contribution >= 4 is 23.2 Å². The molecule has 1 heterocycles. The van der Waals surface area contributed by atoms with Crippen LogP contribution in [-0.4, -0.2) is 17.9 Å². The summed E-state index contributed by atoms with van der Waals surface area (Å²) in [6.45, 7) is 2.34. The van der Waals surface area contributed by atoms with E-state index >= 15 is 0 Å². The number of hydrogen-bond acceptors (Lipinski definition) is 3. The largest absolute Gasteiger partial charge is 0.469 e. The van der Waals surface area contributed by atoms with Crippen LogP contribution in [-0.2, 0) is 6.54 Å². The van der Waals surface area contributed by atoms with Crippen LogP contribution in [0.5, 0.6) is 0 Å². The van der Waals surface area contributed by atoms with Gasteiger partial charge in [0.2, 0.25) is 0 Å². The molecule has 0 saturated heterocycles. The minimum atomic E-state index is -0.144. The Bertz CT molecular complexity index is 607. The predicted octanol–water partition coefficient (Wildman–Crippen LogP) is 3.10. The van der Waals surface area contributed by atoms with Crippen molar-refractivity contribution in [2.45, 2.75) is 13.5 Å². The van der Waals surface area contributed by atoms with E-state index in [9.17, 15) is 4.79 Å². The molecule has 0 radical (unpaired) electrons. The van der Waals surface area contributed by atoms with Gasteiger partial charge < -0.3 is 15.1 Å². The maximum atomic E-state index is 12.3. The van der Waals surface area contributed by atoms with Gasteiger partial charge in [-0.1, -0.05) is 11.6 Å². The first-order valence-corrected chi connectivity index (χ1v) is 6.20. The Hall–Kier alpha value is -1.94. The molecule has 1 amide bonds. The van der Waals surface area contributed by atoms with Crippen LogP contribution in [0.1, 0.15) is 21.7 Å². The van der Waals surface area contributed by atoms with E-state index in [4.69, 9.17) is 21.8 Å². The van der Waals surface area contributed by atoms with Crippen molar-refractivity contribution in [3.63, 3.8) is 0 Å². The Kier molecular flexibility index (Phi) is 3.81. The number of benzene rings is 1. The zero-order valence-corrected chi connectivity index (χ0v) is 11.6. The molecule has 1 aromatic heterocycles. The van der Waals surface area contributed by atoms with Gasteiger partial charge in [0.1, 0.15) is 5.76 Å². The van der Waals surface area contributed by atoms with E-state index in [-0.39, 0.29) is 5.91 Å². The van der Waals surface area contributed by atoms with Crippen molar-refractivity contribution in [3.8, 4) is 0 Å². The number of rotatable bonds is 3. The van der Waals surface area contributed by atoms with E-state index in [1.807, 2.05) is 13.0 Å². The molecule has 0 aliphatic carbocycles. The molecule has 100 valence electrons. The highest BCUT2D eigenvalue weighted by Crippen LogP contribution is 2.20. The lowest BCUT2D eigenvalue weighted by Crippen LogP contribution is -2.27. The molecule has 4 nitrogen and oxygen atoms in total. The lowest BCUT2D eigenvalue weighted by Gasteiger charge is -2.18. The van der Waals surface area contributed by atoms with Crippen LogP contribution in [0.4, 0.5) is 5.69 Å². The molecule has 0 saturated carbocycles. The fourth-order valence-electron chi connectivity index (χ4n) is 1.84. The van der Waals surface area contributed by atoms with Crippen molar-refractivity contribution in [3.05, 3.63) is 52.4 Å². The maximum Gasteiger partial charge on any atom is 0.255 e. The van der Waals surface area contributed by atoms with Crippen LogP contribution in [0, 0.1) is 6.92 Å². The number of nitrogens with zero attached hydrogens (tertiary/aromatic N) is 1. The zero-order valence-electron chi connectivity index (χ0n) is 10.8. The quantitative estimate of drug-likeness (QED) is 0.878. The lowest BCUT2D eigenvalue weighted by atomic mass is 10.1. The minimum Gasteiger partial charge on any atom is -0.469 e. The number of aryl methyl sites for hydroxylation is 1. The van der Waals surface area contributed by atoms with Gasteiger partial charge in [-0.25, -0.2) is 0 Å². The monoisotopic (exact) mass is 278 g/mol. The van der Waals surface area contributed by atoms with E-state index in [2.05, 4.69) is 0 Å². The third-order valence-electron chi connectivity index (χ3n) is 2.96. The molecule has 19 heavy (non-hydrogen) atoms. The Morgan fingerprint density at radius 2 is 2.16 bits per heavy atom. The first-order valence-electron chi connectivity index (χ1n) is 5.82. The SMILES string of the molecule is Cc1occc1CN(C)C(=O)c1ccc(Cl)cc1N. The molecule has 5 heteroatoms. The summed E-state index contributed by atoms with van der Waals surface area (Å²) in [5.41, 5.74) is 7.62. The van der Waals surface area contributed by atoms with Gasteiger partial charge in [0.15, 0.2) is 0 Å². The Morgan fingerprint density at radius 3 is 2.74 bits per heavy atom. The van der Waals surface area contributed by atoms with Crippen LogP contribution in [0.15, 0.2) is 34.9 Å². The second-order valence-electron chi connectivity index (χ2n) is 4.39. The minimum absolute atomic E-state index is 0.144. The van der Waals surface area contributed by atoms with Crippen molar-refractivity contribution in [2.75, 3.05) is 12.8 Å². The second kappa shape index (κ2) is 5.36. The number of nitrogens with two attached hydrogens (primary N) is 1. The molecule has 0 fully saturated rings. The number of carbonyl (C=O) groups excluding carboxylic acids is 1. The summed E-state index contributed by atoms with van der Waals surface area (Å²) < 4.78 is 5.21. The van der Waals surface area contributed by atoms with E-state index in [0.29, 0.717) is 22.8 Å². The summed E-state index contributed by atoms with van der Waals surface area (Å²) in [5, 5.41) is 0.516. The molecular weight excluding hydrogens is 264 g/mol. The predicted molar refractivity (Wildman–Crippen MR) is 75.1 cm³/mol. The highest BCUT2D eigenvalue weighted by Gasteiger charge is 2.16. The summed E-state index contributed by atoms with van der Waals surface area (Å²) in [7, 11) is 1.73. The van der Waals surface area contributed by atoms with E-state index in [1.165, 1.54) is 0 Å². The third kappa shape index (κ3) is 2.90. The number of nitrogen functional groups attached to an aromatic ring is 1. The van der Waals surface area contributed by atoms with Gasteiger partial charge in [0.05, 0.1) is 11.8 Å². The highest BCUT2D eigenvalue weighted by atomic mass is 35.5. The van der Waals surface area contributed by atoms with Crippen LogP contribution in [0.2, 0.25) is 5.02 Å². The molecule has 0 unspecified atom stereocenters. The second-order valence-corrected chi connectivity index (χ2v) is 4.83. The molecule has 2 N–H and O–H groups in total. The smallest absolute Gasteiger partial charge is 0.255 e. The summed E-state index contributed by atoms with van der Waals surface area (Å²) in [4.78, 5) is 13.9. The van der Waals surface area contributed by atoms with Gasteiger partial charge in [-0.2, -0.15) is 0 Å². The molecule has 1 aromatic carbocycles. The van der Waals surface area contributed by atoms with Gasteiger partial charge in [0.25, 0.3) is 5.91 Å². The van der Waals surface area contributed by atoms with Gasteiger partial charge in [-0.15, -0.1) is 0 Å². The van der Waals surface area contributed by atoms with E-state index in [1.54, 1.807) is 36.4 Å². The normalized spacial score (nSPS) is 10.5. The molecule has 0 aliphatic rings. The standard InChI is InChI=1S/C14H15ClN2O2/c1-9-10(5-6-19-9)8-17(2)14(18)12-4-3-11(15)7-13(12)16/h3-7H,8,16H2,1-2H3. The fraction of sp³-hybridized carbons (Fsp3) is 0.214. The molecule has 2 aromatic rings. The first kappa shape index (κ1) is 13.5. The highest BCUT2D eigenvalue weighted by molar-refractivity contribution is 6.31. The van der Waals surface area contributed by atoms with E-state index < -0.39 is 0 Å². The Balaban J connectivity index is 2.17. The average molecular weight is 279 g/mol.